The van der Waals surface area contributed by atoms with Crippen LogP contribution in [0.3, 0.4) is 0 Å². The number of aliphatic hydroxyl groups is 1. The molecule has 1 aromatic rings. The van der Waals surface area contributed by atoms with Crippen LogP contribution in [0, 0.1) is 10.1 Å². The van der Waals surface area contributed by atoms with Crippen molar-refractivity contribution in [3.63, 3.8) is 0 Å². The minimum atomic E-state index is -4.01. The van der Waals surface area contributed by atoms with E-state index in [4.69, 9.17) is 16.7 Å². The molecule has 3 N–H and O–H groups in total. The second-order valence-corrected chi connectivity index (χ2v) is 6.49. The molecule has 118 valence electrons. The van der Waals surface area contributed by atoms with Crippen molar-refractivity contribution in [3.8, 4) is 0 Å². The third-order valence-corrected chi connectivity index (χ3v) is 4.18. The molecule has 0 spiro atoms. The Hall–Kier alpha value is -1.26. The SMILES string of the molecule is CC(O)CNCCNS(=O)(=O)c1ccc(Cl)cc1[N+](=O)[O-]. The quantitative estimate of drug-likeness (QED) is 0.361. The zero-order chi connectivity index (χ0) is 16.0. The number of aliphatic hydroxyl groups excluding tert-OH is 1. The molecule has 0 aliphatic rings. The van der Waals surface area contributed by atoms with Crippen molar-refractivity contribution in [3.05, 3.63) is 33.3 Å². The first-order valence-electron chi connectivity index (χ1n) is 6.06. The van der Waals surface area contributed by atoms with Crippen molar-refractivity contribution in [2.24, 2.45) is 0 Å². The monoisotopic (exact) mass is 337 g/mol. The van der Waals surface area contributed by atoms with Crippen molar-refractivity contribution in [1.29, 1.82) is 0 Å². The van der Waals surface area contributed by atoms with Crippen molar-refractivity contribution < 1.29 is 18.4 Å². The van der Waals surface area contributed by atoms with Gasteiger partial charge in [0.05, 0.1) is 11.0 Å². The summed E-state index contributed by atoms with van der Waals surface area (Å²) in [7, 11) is -4.01. The second kappa shape index (κ2) is 7.66. The molecule has 0 aromatic heterocycles. The van der Waals surface area contributed by atoms with Crippen LogP contribution in [0.1, 0.15) is 6.92 Å². The van der Waals surface area contributed by atoms with Crippen molar-refractivity contribution in [2.75, 3.05) is 19.6 Å². The largest absolute Gasteiger partial charge is 0.392 e. The van der Waals surface area contributed by atoms with Crippen LogP contribution in [0.2, 0.25) is 5.02 Å². The number of nitrogens with one attached hydrogen (secondary N) is 2. The molecule has 0 amide bonds. The van der Waals surface area contributed by atoms with Crippen LogP contribution in [-0.4, -0.2) is 44.2 Å². The minimum Gasteiger partial charge on any atom is -0.392 e. The van der Waals surface area contributed by atoms with Gasteiger partial charge in [-0.3, -0.25) is 10.1 Å². The standard InChI is InChI=1S/C11H16ClN3O5S/c1-8(16)7-13-4-5-14-21(19,20)11-3-2-9(12)6-10(11)15(17)18/h2-3,6,8,13-14,16H,4-5,7H2,1H3. The van der Waals surface area contributed by atoms with E-state index in [9.17, 15) is 18.5 Å². The molecule has 21 heavy (non-hydrogen) atoms. The fourth-order valence-electron chi connectivity index (χ4n) is 1.52. The molecule has 0 radical (unpaired) electrons. The number of nitrogens with zero attached hydrogens (tertiary/aromatic N) is 1. The summed E-state index contributed by atoms with van der Waals surface area (Å²) in [6.07, 6.45) is -0.543. The van der Waals surface area contributed by atoms with Crippen LogP contribution in [0.25, 0.3) is 0 Å². The Morgan fingerprint density at radius 3 is 2.67 bits per heavy atom. The van der Waals surface area contributed by atoms with Crippen LogP contribution >= 0.6 is 11.6 Å². The molecule has 8 nitrogen and oxygen atoms in total. The van der Waals surface area contributed by atoms with Gasteiger partial charge in [-0.2, -0.15) is 0 Å². The maximum absolute atomic E-state index is 12.0. The van der Waals surface area contributed by atoms with Crippen LogP contribution in [0.15, 0.2) is 23.1 Å². The number of benzene rings is 1. The van der Waals surface area contributed by atoms with E-state index in [1.165, 1.54) is 6.07 Å². The van der Waals surface area contributed by atoms with E-state index in [1.54, 1.807) is 6.92 Å². The van der Waals surface area contributed by atoms with Gasteiger partial charge in [-0.15, -0.1) is 0 Å². The fraction of sp³-hybridized carbons (Fsp3) is 0.455. The van der Waals surface area contributed by atoms with Gasteiger partial charge < -0.3 is 10.4 Å². The van der Waals surface area contributed by atoms with Gasteiger partial charge >= 0.3 is 0 Å². The van der Waals surface area contributed by atoms with Crippen molar-refractivity contribution in [2.45, 2.75) is 17.9 Å². The molecule has 1 rings (SSSR count). The number of rotatable bonds is 8. The van der Waals surface area contributed by atoms with E-state index >= 15 is 0 Å². The van der Waals surface area contributed by atoms with Gasteiger partial charge in [0.15, 0.2) is 4.90 Å². The zero-order valence-electron chi connectivity index (χ0n) is 11.2. The summed E-state index contributed by atoms with van der Waals surface area (Å²) in [6, 6.07) is 3.35. The Kier molecular flexibility index (Phi) is 6.49. The van der Waals surface area contributed by atoms with Crippen LogP contribution in [0.4, 0.5) is 5.69 Å². The molecular weight excluding hydrogens is 322 g/mol. The Bertz CT molecular complexity index is 606. The molecule has 1 atom stereocenters. The Labute approximate surface area is 127 Å². The van der Waals surface area contributed by atoms with Crippen LogP contribution < -0.4 is 10.0 Å². The van der Waals surface area contributed by atoms with Crippen LogP contribution in [-0.2, 0) is 10.0 Å². The van der Waals surface area contributed by atoms with Crippen molar-refractivity contribution in [1.82, 2.24) is 10.0 Å². The maximum atomic E-state index is 12.0. The summed E-state index contributed by atoms with van der Waals surface area (Å²) in [6.45, 7) is 2.23. The highest BCUT2D eigenvalue weighted by Crippen LogP contribution is 2.26. The molecule has 0 saturated carbocycles. The molecule has 1 unspecified atom stereocenters. The molecule has 0 saturated heterocycles. The normalized spacial score (nSPS) is 13.1. The topological polar surface area (TPSA) is 122 Å². The van der Waals surface area contributed by atoms with Gasteiger partial charge in [0.25, 0.3) is 5.69 Å². The lowest BCUT2D eigenvalue weighted by molar-refractivity contribution is -0.387. The smallest absolute Gasteiger partial charge is 0.290 e. The number of halogens is 1. The Morgan fingerprint density at radius 2 is 2.10 bits per heavy atom. The fourth-order valence-corrected chi connectivity index (χ4v) is 2.87. The first-order chi connectivity index (χ1) is 9.74. The first-order valence-corrected chi connectivity index (χ1v) is 7.92. The van der Waals surface area contributed by atoms with Gasteiger partial charge in [0, 0.05) is 30.7 Å². The first kappa shape index (κ1) is 17.8. The molecule has 0 bridgehead atoms. The van der Waals surface area contributed by atoms with Gasteiger partial charge in [0.2, 0.25) is 10.0 Å². The Morgan fingerprint density at radius 1 is 1.43 bits per heavy atom. The molecule has 0 aliphatic carbocycles. The highest BCUT2D eigenvalue weighted by atomic mass is 35.5. The molecule has 1 aromatic carbocycles. The predicted molar refractivity (Wildman–Crippen MR) is 77.8 cm³/mol. The highest BCUT2D eigenvalue weighted by Gasteiger charge is 2.25. The van der Waals surface area contributed by atoms with E-state index in [-0.39, 0.29) is 18.1 Å². The predicted octanol–water partition coefficient (Wildman–Crippen LogP) is 0.497. The molecule has 10 heteroatoms. The highest BCUT2D eigenvalue weighted by molar-refractivity contribution is 7.89. The van der Waals surface area contributed by atoms with Gasteiger partial charge in [-0.05, 0) is 19.1 Å². The third-order valence-electron chi connectivity index (χ3n) is 2.44. The number of sulfonamides is 1. The van der Waals surface area contributed by atoms with Crippen molar-refractivity contribution >= 4 is 27.3 Å². The van der Waals surface area contributed by atoms with Gasteiger partial charge in [0.1, 0.15) is 0 Å². The Balaban J connectivity index is 2.77. The molecule has 0 fully saturated rings. The van der Waals surface area contributed by atoms with Gasteiger partial charge in [-0.25, -0.2) is 13.1 Å². The molecule has 0 aliphatic heterocycles. The van der Waals surface area contributed by atoms with E-state index in [0.717, 1.165) is 12.1 Å². The summed E-state index contributed by atoms with van der Waals surface area (Å²) in [5.41, 5.74) is -0.577. The summed E-state index contributed by atoms with van der Waals surface area (Å²) < 4.78 is 26.3. The molecule has 0 heterocycles. The second-order valence-electron chi connectivity index (χ2n) is 4.32. The number of hydrogen-bond donors (Lipinski definition) is 3. The van der Waals surface area contributed by atoms with E-state index in [1.807, 2.05) is 0 Å². The van der Waals surface area contributed by atoms with E-state index < -0.39 is 31.6 Å². The van der Waals surface area contributed by atoms with Gasteiger partial charge in [-0.1, -0.05) is 11.6 Å². The van der Waals surface area contributed by atoms with E-state index in [0.29, 0.717) is 6.54 Å². The molecular formula is C11H16ClN3O5S. The van der Waals surface area contributed by atoms with Crippen LogP contribution in [0.5, 0.6) is 0 Å². The maximum Gasteiger partial charge on any atom is 0.290 e. The van der Waals surface area contributed by atoms with E-state index in [2.05, 4.69) is 10.0 Å². The minimum absolute atomic E-state index is 0.0365. The number of nitro benzene ring substituents is 1. The summed E-state index contributed by atoms with van der Waals surface area (Å²) >= 11 is 5.63. The number of nitro groups is 1. The zero-order valence-corrected chi connectivity index (χ0v) is 12.8. The summed E-state index contributed by atoms with van der Waals surface area (Å²) in [5.74, 6) is 0. The lowest BCUT2D eigenvalue weighted by Gasteiger charge is -2.09. The average Bonchev–Trinajstić information content (AvgIpc) is 2.37. The summed E-state index contributed by atoms with van der Waals surface area (Å²) in [5, 5.41) is 22.8. The summed E-state index contributed by atoms with van der Waals surface area (Å²) in [4.78, 5) is 9.65. The lowest BCUT2D eigenvalue weighted by atomic mass is 10.3. The number of hydrogen-bond acceptors (Lipinski definition) is 6. The third kappa shape index (κ3) is 5.56. The lowest BCUT2D eigenvalue weighted by Crippen LogP contribution is -2.34. The average molecular weight is 338 g/mol.